The highest BCUT2D eigenvalue weighted by atomic mass is 32.2. The van der Waals surface area contributed by atoms with Crippen LogP contribution in [0, 0.1) is 0 Å². The normalized spacial score (nSPS) is 19.7. The zero-order valence-electron chi connectivity index (χ0n) is 12.5. The summed E-state index contributed by atoms with van der Waals surface area (Å²) in [5.74, 6) is 0. The van der Waals surface area contributed by atoms with Crippen LogP contribution in [0.25, 0.3) is 0 Å². The monoisotopic (exact) mass is 360 g/mol. The summed E-state index contributed by atoms with van der Waals surface area (Å²) in [5, 5.41) is 7.90. The molecule has 0 N–H and O–H groups in total. The van der Waals surface area contributed by atoms with Crippen LogP contribution in [-0.2, 0) is 22.7 Å². The van der Waals surface area contributed by atoms with Gasteiger partial charge in [-0.15, -0.1) is 0 Å². The number of halogens is 3. The molecule has 1 aromatic carbocycles. The van der Waals surface area contributed by atoms with Crippen molar-refractivity contribution in [2.75, 3.05) is 6.54 Å². The molecule has 1 fully saturated rings. The van der Waals surface area contributed by atoms with Gasteiger partial charge >= 0.3 is 6.18 Å². The molecule has 1 aliphatic rings. The van der Waals surface area contributed by atoms with Crippen molar-refractivity contribution in [1.82, 2.24) is 19.3 Å². The first kappa shape index (κ1) is 16.9. The van der Waals surface area contributed by atoms with E-state index in [1.807, 2.05) is 0 Å². The molecular formula is C14H15F3N4O2S. The zero-order chi connectivity index (χ0) is 17.4. The van der Waals surface area contributed by atoms with Gasteiger partial charge in [0.15, 0.2) is 0 Å². The van der Waals surface area contributed by atoms with E-state index >= 15 is 0 Å². The molecule has 0 saturated carbocycles. The summed E-state index contributed by atoms with van der Waals surface area (Å²) < 4.78 is 65.3. The number of hydrogen-bond donors (Lipinski definition) is 0. The van der Waals surface area contributed by atoms with E-state index in [-0.39, 0.29) is 24.0 Å². The van der Waals surface area contributed by atoms with E-state index in [1.165, 1.54) is 27.6 Å². The molecule has 3 rings (SSSR count). The Morgan fingerprint density at radius 3 is 2.58 bits per heavy atom. The maximum absolute atomic E-state index is 12.8. The minimum absolute atomic E-state index is 0.268. The number of alkyl halides is 3. The Morgan fingerprint density at radius 2 is 1.92 bits per heavy atom. The maximum Gasteiger partial charge on any atom is 0.416 e. The van der Waals surface area contributed by atoms with Gasteiger partial charge in [-0.25, -0.2) is 8.42 Å². The van der Waals surface area contributed by atoms with E-state index in [0.29, 0.717) is 18.9 Å². The van der Waals surface area contributed by atoms with Gasteiger partial charge in [0.05, 0.1) is 29.4 Å². The van der Waals surface area contributed by atoms with Crippen LogP contribution in [0.3, 0.4) is 0 Å². The van der Waals surface area contributed by atoms with Crippen LogP contribution in [0.4, 0.5) is 13.2 Å². The van der Waals surface area contributed by atoms with Crippen LogP contribution < -0.4 is 0 Å². The largest absolute Gasteiger partial charge is 0.416 e. The topological polar surface area (TPSA) is 68.1 Å². The number of nitrogens with zero attached hydrogens (tertiary/aromatic N) is 4. The highest BCUT2D eigenvalue weighted by Crippen LogP contribution is 2.32. The van der Waals surface area contributed by atoms with Crippen molar-refractivity contribution in [1.29, 1.82) is 0 Å². The third kappa shape index (κ3) is 3.29. The van der Waals surface area contributed by atoms with Crippen molar-refractivity contribution >= 4 is 10.0 Å². The molecule has 0 radical (unpaired) electrons. The Bertz CT molecular complexity index is 806. The van der Waals surface area contributed by atoms with E-state index in [0.717, 1.165) is 12.1 Å². The van der Waals surface area contributed by atoms with E-state index < -0.39 is 21.8 Å². The number of sulfonamides is 1. The first-order chi connectivity index (χ1) is 11.3. The molecule has 1 atom stereocenters. The summed E-state index contributed by atoms with van der Waals surface area (Å²) in [5.41, 5.74) is -0.979. The van der Waals surface area contributed by atoms with Crippen LogP contribution in [0.5, 0.6) is 0 Å². The third-order valence-corrected chi connectivity index (χ3v) is 5.88. The second kappa shape index (κ2) is 6.17. The molecule has 2 aromatic rings. The molecule has 0 aliphatic carbocycles. The Morgan fingerprint density at radius 1 is 1.21 bits per heavy atom. The molecule has 1 saturated heterocycles. The van der Waals surface area contributed by atoms with Crippen molar-refractivity contribution < 1.29 is 21.6 Å². The average molecular weight is 360 g/mol. The lowest BCUT2D eigenvalue weighted by atomic mass is 10.2. The standard InChI is InChI=1S/C14H15F3N4O2S/c15-14(16,17)11-3-1-5-13(9-11)24(22,23)20-8-2-4-12(20)10-21-18-6-7-19-21/h1,3,5-7,9,12H,2,4,8,10H2. The van der Waals surface area contributed by atoms with Crippen molar-refractivity contribution in [3.05, 3.63) is 42.2 Å². The lowest BCUT2D eigenvalue weighted by Crippen LogP contribution is -2.38. The van der Waals surface area contributed by atoms with Gasteiger partial charge in [0.2, 0.25) is 10.0 Å². The van der Waals surface area contributed by atoms with Crippen molar-refractivity contribution in [3.63, 3.8) is 0 Å². The molecule has 1 aliphatic heterocycles. The molecule has 1 aromatic heterocycles. The minimum atomic E-state index is -4.59. The smallest absolute Gasteiger partial charge is 0.207 e. The van der Waals surface area contributed by atoms with Crippen LogP contribution in [0.1, 0.15) is 18.4 Å². The molecule has 2 heterocycles. The molecular weight excluding hydrogens is 345 g/mol. The predicted octanol–water partition coefficient (Wildman–Crippen LogP) is 2.15. The number of rotatable bonds is 4. The number of hydrogen-bond acceptors (Lipinski definition) is 4. The minimum Gasteiger partial charge on any atom is -0.207 e. The SMILES string of the molecule is O=S(=O)(c1cccc(C(F)(F)F)c1)N1CCCC1Cn1nccn1. The summed E-state index contributed by atoms with van der Waals surface area (Å²) >= 11 is 0. The lowest BCUT2D eigenvalue weighted by Gasteiger charge is -2.24. The lowest BCUT2D eigenvalue weighted by molar-refractivity contribution is -0.137. The fraction of sp³-hybridized carbons (Fsp3) is 0.429. The Kier molecular flexibility index (Phi) is 4.35. The van der Waals surface area contributed by atoms with Crippen molar-refractivity contribution in [3.8, 4) is 0 Å². The highest BCUT2D eigenvalue weighted by Gasteiger charge is 2.37. The number of aromatic nitrogens is 3. The predicted molar refractivity (Wildman–Crippen MR) is 78.4 cm³/mol. The van der Waals surface area contributed by atoms with Crippen LogP contribution >= 0.6 is 0 Å². The van der Waals surface area contributed by atoms with Gasteiger partial charge in [-0.2, -0.15) is 32.5 Å². The van der Waals surface area contributed by atoms with Gasteiger partial charge in [0.25, 0.3) is 0 Å². The first-order valence-corrected chi connectivity index (χ1v) is 8.76. The molecule has 1 unspecified atom stereocenters. The Balaban J connectivity index is 1.89. The van der Waals surface area contributed by atoms with E-state index in [1.54, 1.807) is 0 Å². The van der Waals surface area contributed by atoms with E-state index in [4.69, 9.17) is 0 Å². The van der Waals surface area contributed by atoms with Crippen molar-refractivity contribution in [2.24, 2.45) is 0 Å². The maximum atomic E-state index is 12.8. The first-order valence-electron chi connectivity index (χ1n) is 7.32. The Hall–Kier alpha value is -1.94. The van der Waals surface area contributed by atoms with Gasteiger partial charge in [-0.3, -0.25) is 0 Å². The molecule has 0 amide bonds. The molecule has 10 heteroatoms. The fourth-order valence-electron chi connectivity index (χ4n) is 2.80. The van der Waals surface area contributed by atoms with Gasteiger partial charge in [-0.1, -0.05) is 6.07 Å². The third-order valence-electron chi connectivity index (χ3n) is 3.93. The summed E-state index contributed by atoms with van der Waals surface area (Å²) in [7, 11) is -4.01. The van der Waals surface area contributed by atoms with Crippen LogP contribution in [0.15, 0.2) is 41.6 Å². The Labute approximate surface area is 136 Å². The van der Waals surface area contributed by atoms with Crippen molar-refractivity contribution in [2.45, 2.75) is 36.5 Å². The second-order valence-corrected chi connectivity index (χ2v) is 7.41. The molecule has 130 valence electrons. The molecule has 0 spiro atoms. The average Bonchev–Trinajstić information content (AvgIpc) is 3.19. The van der Waals surface area contributed by atoms with Crippen LogP contribution in [0.2, 0.25) is 0 Å². The summed E-state index contributed by atoms with van der Waals surface area (Å²) in [4.78, 5) is 1.03. The van der Waals surface area contributed by atoms with E-state index in [9.17, 15) is 21.6 Å². The number of benzene rings is 1. The van der Waals surface area contributed by atoms with Crippen LogP contribution in [-0.4, -0.2) is 40.3 Å². The fourth-order valence-corrected chi connectivity index (χ4v) is 4.53. The van der Waals surface area contributed by atoms with Gasteiger partial charge in [-0.05, 0) is 31.0 Å². The summed E-state index contributed by atoms with van der Waals surface area (Å²) in [6.07, 6.45) is -0.361. The quantitative estimate of drug-likeness (QED) is 0.838. The van der Waals surface area contributed by atoms with E-state index in [2.05, 4.69) is 10.2 Å². The van der Waals surface area contributed by atoms with Gasteiger partial charge in [0.1, 0.15) is 0 Å². The summed E-state index contributed by atoms with van der Waals surface area (Å²) in [6, 6.07) is 3.45. The second-order valence-electron chi connectivity index (χ2n) is 5.52. The zero-order valence-corrected chi connectivity index (χ0v) is 13.3. The summed E-state index contributed by atoms with van der Waals surface area (Å²) in [6.45, 7) is 0.537. The highest BCUT2D eigenvalue weighted by molar-refractivity contribution is 7.89. The van der Waals surface area contributed by atoms with Gasteiger partial charge < -0.3 is 0 Å². The molecule has 0 bridgehead atoms. The molecule has 6 nitrogen and oxygen atoms in total. The van der Waals surface area contributed by atoms with Gasteiger partial charge in [0, 0.05) is 12.6 Å². The molecule has 24 heavy (non-hydrogen) atoms.